The molecule has 25 heavy (non-hydrogen) atoms. The van der Waals surface area contributed by atoms with E-state index >= 15 is 0 Å². The van der Waals surface area contributed by atoms with Gasteiger partial charge in [0.1, 0.15) is 5.58 Å². The van der Waals surface area contributed by atoms with Crippen LogP contribution in [0.15, 0.2) is 41.2 Å². The number of carbonyl (C=O) groups is 1. The maximum Gasteiger partial charge on any atom is 0.290 e. The molecule has 3 heterocycles. The van der Waals surface area contributed by atoms with Crippen molar-refractivity contribution in [1.82, 2.24) is 14.5 Å². The Balaban J connectivity index is 1.61. The molecule has 0 bridgehead atoms. The molecule has 6 nitrogen and oxygen atoms in total. The van der Waals surface area contributed by atoms with Crippen molar-refractivity contribution in [2.24, 2.45) is 0 Å². The van der Waals surface area contributed by atoms with Crippen molar-refractivity contribution >= 4 is 28.5 Å². The summed E-state index contributed by atoms with van der Waals surface area (Å²) in [5.74, 6) is 0.182. The molecule has 2 aromatic heterocycles. The first-order valence-corrected chi connectivity index (χ1v) is 8.60. The van der Waals surface area contributed by atoms with Gasteiger partial charge in [0, 0.05) is 29.8 Å². The second kappa shape index (κ2) is 6.54. The summed E-state index contributed by atoms with van der Waals surface area (Å²) >= 11 is 6.01. The molecule has 0 fully saturated rings. The first kappa shape index (κ1) is 16.2. The van der Waals surface area contributed by atoms with E-state index in [4.69, 9.17) is 20.8 Å². The monoisotopic (exact) mass is 359 g/mol. The van der Waals surface area contributed by atoms with Crippen molar-refractivity contribution < 1.29 is 13.9 Å². The molecule has 1 atom stereocenters. The van der Waals surface area contributed by atoms with Gasteiger partial charge in [-0.1, -0.05) is 11.6 Å². The van der Waals surface area contributed by atoms with E-state index in [1.165, 1.54) is 0 Å². The van der Waals surface area contributed by atoms with E-state index in [2.05, 4.69) is 9.55 Å². The minimum absolute atomic E-state index is 0.0500. The second-order valence-electron chi connectivity index (χ2n) is 6.08. The van der Waals surface area contributed by atoms with Crippen LogP contribution in [0.25, 0.3) is 11.0 Å². The minimum Gasteiger partial charge on any atom is -0.451 e. The Labute approximate surface area is 149 Å². The summed E-state index contributed by atoms with van der Waals surface area (Å²) in [5.41, 5.74) is 1.64. The van der Waals surface area contributed by atoms with Crippen molar-refractivity contribution in [3.63, 3.8) is 0 Å². The van der Waals surface area contributed by atoms with Gasteiger partial charge < -0.3 is 18.6 Å². The fraction of sp³-hybridized carbons (Fsp3) is 0.333. The van der Waals surface area contributed by atoms with Gasteiger partial charge in [-0.3, -0.25) is 4.79 Å². The standard InChI is InChI=1S/C18H18ClN3O3/c1-2-24-10-15-9-21(8-14-7-20-11-22(14)15)18(23)17-6-12-5-13(19)3-4-16(12)25-17/h3-7,11,15H,2,8-10H2,1H3/t15-/m1/s1. The highest BCUT2D eigenvalue weighted by atomic mass is 35.5. The van der Waals surface area contributed by atoms with Crippen LogP contribution in [0.1, 0.15) is 29.2 Å². The molecule has 3 aromatic rings. The number of nitrogens with zero attached hydrogens (tertiary/aromatic N) is 3. The number of aromatic nitrogens is 2. The fourth-order valence-corrected chi connectivity index (χ4v) is 3.38. The van der Waals surface area contributed by atoms with Crippen LogP contribution < -0.4 is 0 Å². The molecule has 0 radical (unpaired) electrons. The van der Waals surface area contributed by atoms with Crippen LogP contribution in [0.3, 0.4) is 0 Å². The van der Waals surface area contributed by atoms with Gasteiger partial charge in [0.05, 0.1) is 31.2 Å². The normalized spacial score (nSPS) is 17.0. The smallest absolute Gasteiger partial charge is 0.290 e. The van der Waals surface area contributed by atoms with Crippen molar-refractivity contribution in [2.75, 3.05) is 19.8 Å². The molecule has 1 aliphatic rings. The number of fused-ring (bicyclic) bond motifs is 2. The fourth-order valence-electron chi connectivity index (χ4n) is 3.20. The molecular weight excluding hydrogens is 342 g/mol. The number of benzene rings is 1. The number of rotatable bonds is 4. The Morgan fingerprint density at radius 2 is 2.32 bits per heavy atom. The highest BCUT2D eigenvalue weighted by molar-refractivity contribution is 6.31. The molecule has 0 saturated carbocycles. The van der Waals surface area contributed by atoms with E-state index in [0.717, 1.165) is 11.1 Å². The quantitative estimate of drug-likeness (QED) is 0.715. The summed E-state index contributed by atoms with van der Waals surface area (Å²) in [6, 6.07) is 7.11. The molecule has 1 aromatic carbocycles. The van der Waals surface area contributed by atoms with Crippen LogP contribution in [-0.4, -0.2) is 40.1 Å². The molecule has 130 valence electrons. The molecule has 0 N–H and O–H groups in total. The Bertz CT molecular complexity index is 917. The third-order valence-corrected chi connectivity index (χ3v) is 4.65. The van der Waals surface area contributed by atoms with E-state index in [0.29, 0.717) is 42.7 Å². The molecular formula is C18H18ClN3O3. The molecule has 0 unspecified atom stereocenters. The highest BCUT2D eigenvalue weighted by Gasteiger charge is 2.30. The minimum atomic E-state index is -0.138. The Hall–Kier alpha value is -2.31. The number of hydrogen-bond donors (Lipinski definition) is 0. The lowest BCUT2D eigenvalue weighted by atomic mass is 10.2. The number of halogens is 1. The summed E-state index contributed by atoms with van der Waals surface area (Å²) in [7, 11) is 0. The highest BCUT2D eigenvalue weighted by Crippen LogP contribution is 2.27. The van der Waals surface area contributed by atoms with E-state index in [1.54, 1.807) is 41.7 Å². The zero-order valence-corrected chi connectivity index (χ0v) is 14.6. The average molecular weight is 360 g/mol. The van der Waals surface area contributed by atoms with Gasteiger partial charge in [0.2, 0.25) is 0 Å². The van der Waals surface area contributed by atoms with E-state index < -0.39 is 0 Å². The molecule has 0 spiro atoms. The van der Waals surface area contributed by atoms with Crippen LogP contribution in [-0.2, 0) is 11.3 Å². The number of furan rings is 1. The van der Waals surface area contributed by atoms with Crippen molar-refractivity contribution in [3.8, 4) is 0 Å². The molecule has 7 heteroatoms. The zero-order chi connectivity index (χ0) is 17.4. The Morgan fingerprint density at radius 1 is 1.44 bits per heavy atom. The van der Waals surface area contributed by atoms with Crippen molar-refractivity contribution in [3.05, 3.63) is 53.3 Å². The van der Waals surface area contributed by atoms with Crippen LogP contribution in [0.2, 0.25) is 5.02 Å². The summed E-state index contributed by atoms with van der Waals surface area (Å²) in [4.78, 5) is 18.9. The van der Waals surface area contributed by atoms with Gasteiger partial charge in [-0.05, 0) is 31.2 Å². The second-order valence-corrected chi connectivity index (χ2v) is 6.52. The van der Waals surface area contributed by atoms with E-state index in [1.807, 2.05) is 6.92 Å². The van der Waals surface area contributed by atoms with Crippen molar-refractivity contribution in [2.45, 2.75) is 19.5 Å². The van der Waals surface area contributed by atoms with Crippen molar-refractivity contribution in [1.29, 1.82) is 0 Å². The maximum absolute atomic E-state index is 12.9. The SMILES string of the molecule is CCOC[C@H]1CN(C(=O)c2cc3cc(Cl)ccc3o2)Cc2cncn21. The molecule has 0 aliphatic carbocycles. The summed E-state index contributed by atoms with van der Waals surface area (Å²) in [5, 5.41) is 1.44. The predicted molar refractivity (Wildman–Crippen MR) is 93.7 cm³/mol. The summed E-state index contributed by atoms with van der Waals surface area (Å²) in [6.07, 6.45) is 3.58. The van der Waals surface area contributed by atoms with Crippen LogP contribution in [0.5, 0.6) is 0 Å². The lowest BCUT2D eigenvalue weighted by Crippen LogP contribution is -2.42. The lowest BCUT2D eigenvalue weighted by Gasteiger charge is -2.33. The average Bonchev–Trinajstić information content (AvgIpc) is 3.24. The number of carbonyl (C=O) groups excluding carboxylic acids is 1. The topological polar surface area (TPSA) is 60.5 Å². The van der Waals surface area contributed by atoms with E-state index in [9.17, 15) is 4.79 Å². The summed E-state index contributed by atoms with van der Waals surface area (Å²) < 4.78 is 13.4. The number of imidazole rings is 1. The van der Waals surface area contributed by atoms with Gasteiger partial charge >= 0.3 is 0 Å². The van der Waals surface area contributed by atoms with Crippen LogP contribution in [0, 0.1) is 0 Å². The Kier molecular flexibility index (Phi) is 4.23. The lowest BCUT2D eigenvalue weighted by molar-refractivity contribution is 0.0521. The van der Waals surface area contributed by atoms with Crippen LogP contribution in [0.4, 0.5) is 0 Å². The van der Waals surface area contributed by atoms with Gasteiger partial charge in [0.25, 0.3) is 5.91 Å². The number of amides is 1. The van der Waals surface area contributed by atoms with Gasteiger partial charge in [0.15, 0.2) is 5.76 Å². The van der Waals surface area contributed by atoms with Gasteiger partial charge in [-0.2, -0.15) is 0 Å². The molecule has 1 aliphatic heterocycles. The Morgan fingerprint density at radius 3 is 3.16 bits per heavy atom. The molecule has 0 saturated heterocycles. The maximum atomic E-state index is 12.9. The number of hydrogen-bond acceptors (Lipinski definition) is 4. The predicted octanol–water partition coefficient (Wildman–Crippen LogP) is 3.52. The third-order valence-electron chi connectivity index (χ3n) is 4.41. The zero-order valence-electron chi connectivity index (χ0n) is 13.8. The first-order valence-electron chi connectivity index (χ1n) is 8.22. The molecule has 1 amide bonds. The first-order chi connectivity index (χ1) is 12.2. The third kappa shape index (κ3) is 3.03. The van der Waals surface area contributed by atoms with Gasteiger partial charge in [-0.15, -0.1) is 0 Å². The van der Waals surface area contributed by atoms with Gasteiger partial charge in [-0.25, -0.2) is 4.98 Å². The summed E-state index contributed by atoms with van der Waals surface area (Å²) in [6.45, 7) is 4.19. The largest absolute Gasteiger partial charge is 0.451 e. The molecule has 4 rings (SSSR count). The van der Waals surface area contributed by atoms with Crippen LogP contribution >= 0.6 is 11.6 Å². The van der Waals surface area contributed by atoms with E-state index in [-0.39, 0.29) is 11.9 Å². The number of ether oxygens (including phenoxy) is 1.